The number of hydrogen-bond acceptors (Lipinski definition) is 4. The molecule has 26 heavy (non-hydrogen) atoms. The van der Waals surface area contributed by atoms with E-state index in [9.17, 15) is 9.59 Å². The van der Waals surface area contributed by atoms with Gasteiger partial charge in [-0.1, -0.05) is 0 Å². The molecule has 0 spiro atoms. The molecule has 0 N–H and O–H groups in total. The van der Waals surface area contributed by atoms with Crippen LogP contribution in [0.15, 0.2) is 36.7 Å². The number of fused-ring (bicyclic) bond motifs is 1. The number of piperazine rings is 1. The normalized spacial score (nSPS) is 16.0. The number of carbonyl (C=O) groups is 2. The predicted octanol–water partition coefficient (Wildman–Crippen LogP) is 1.28. The number of rotatable bonds is 3. The van der Waals surface area contributed by atoms with Crippen LogP contribution in [0, 0.1) is 0 Å². The van der Waals surface area contributed by atoms with Crippen molar-refractivity contribution in [1.82, 2.24) is 14.4 Å². The summed E-state index contributed by atoms with van der Waals surface area (Å²) in [6.07, 6.45) is 4.29. The second-order valence-electron chi connectivity index (χ2n) is 6.60. The summed E-state index contributed by atoms with van der Waals surface area (Å²) in [6, 6.07) is 7.19. The first-order valence-electron chi connectivity index (χ1n) is 8.68. The Morgan fingerprint density at radius 3 is 2.46 bits per heavy atom. The van der Waals surface area contributed by atoms with Crippen LogP contribution >= 0.6 is 0 Å². The van der Waals surface area contributed by atoms with Crippen molar-refractivity contribution in [1.29, 1.82) is 0 Å². The highest BCUT2D eigenvalue weighted by Gasteiger charge is 2.26. The molecule has 0 saturated carbocycles. The molecule has 2 aromatic rings. The Morgan fingerprint density at radius 2 is 1.73 bits per heavy atom. The third-order valence-electron chi connectivity index (χ3n) is 4.79. The van der Waals surface area contributed by atoms with Gasteiger partial charge in [0.05, 0.1) is 6.42 Å². The second kappa shape index (κ2) is 6.74. The van der Waals surface area contributed by atoms with Crippen molar-refractivity contribution < 1.29 is 19.1 Å². The van der Waals surface area contributed by atoms with Gasteiger partial charge in [-0.25, -0.2) is 0 Å². The zero-order valence-electron chi connectivity index (χ0n) is 14.7. The number of hydrogen-bond donors (Lipinski definition) is 0. The van der Waals surface area contributed by atoms with Crippen LogP contribution in [0.25, 0.3) is 0 Å². The Labute approximate surface area is 151 Å². The van der Waals surface area contributed by atoms with Gasteiger partial charge in [0.15, 0.2) is 11.5 Å². The molecule has 0 radical (unpaired) electrons. The molecule has 0 atom stereocenters. The summed E-state index contributed by atoms with van der Waals surface area (Å²) in [5.41, 5.74) is 1.59. The maximum atomic E-state index is 12.7. The summed E-state index contributed by atoms with van der Waals surface area (Å²) in [6.45, 7) is 2.38. The molecule has 2 aliphatic rings. The van der Waals surface area contributed by atoms with E-state index in [4.69, 9.17) is 9.47 Å². The Balaban J connectivity index is 1.34. The Hall–Kier alpha value is -2.96. The molecule has 0 aliphatic carbocycles. The summed E-state index contributed by atoms with van der Waals surface area (Å²) in [5.74, 6) is 1.33. The Morgan fingerprint density at radius 1 is 1.00 bits per heavy atom. The lowest BCUT2D eigenvalue weighted by Gasteiger charge is -2.34. The van der Waals surface area contributed by atoms with Crippen LogP contribution in [0.3, 0.4) is 0 Å². The molecule has 4 rings (SSSR count). The summed E-state index contributed by atoms with van der Waals surface area (Å²) in [4.78, 5) is 28.7. The molecule has 3 heterocycles. The highest BCUT2D eigenvalue weighted by Crippen LogP contribution is 2.32. The van der Waals surface area contributed by atoms with E-state index >= 15 is 0 Å². The molecule has 1 aromatic heterocycles. The van der Waals surface area contributed by atoms with Gasteiger partial charge in [0.2, 0.25) is 12.7 Å². The van der Waals surface area contributed by atoms with Crippen LogP contribution in [0.2, 0.25) is 0 Å². The minimum atomic E-state index is -0.0431. The van der Waals surface area contributed by atoms with E-state index in [-0.39, 0.29) is 18.6 Å². The van der Waals surface area contributed by atoms with Gasteiger partial charge in [-0.2, -0.15) is 0 Å². The van der Waals surface area contributed by atoms with Crippen molar-refractivity contribution in [3.63, 3.8) is 0 Å². The highest BCUT2D eigenvalue weighted by molar-refractivity contribution is 5.95. The van der Waals surface area contributed by atoms with E-state index in [0.29, 0.717) is 49.7 Å². The van der Waals surface area contributed by atoms with Crippen molar-refractivity contribution in [3.05, 3.63) is 47.8 Å². The molecule has 0 unspecified atom stereocenters. The number of benzene rings is 1. The first kappa shape index (κ1) is 16.5. The van der Waals surface area contributed by atoms with Crippen LogP contribution in [0.5, 0.6) is 11.5 Å². The van der Waals surface area contributed by atoms with Crippen molar-refractivity contribution in [2.24, 2.45) is 7.05 Å². The van der Waals surface area contributed by atoms with Gasteiger partial charge in [0.1, 0.15) is 0 Å². The van der Waals surface area contributed by atoms with Crippen molar-refractivity contribution in [2.75, 3.05) is 33.0 Å². The number of amides is 2. The topological polar surface area (TPSA) is 64.0 Å². The van der Waals surface area contributed by atoms with E-state index in [2.05, 4.69) is 0 Å². The number of aromatic nitrogens is 1. The summed E-state index contributed by atoms with van der Waals surface area (Å²) in [5, 5.41) is 0. The Kier molecular flexibility index (Phi) is 4.28. The van der Waals surface area contributed by atoms with E-state index in [1.54, 1.807) is 23.1 Å². The number of carbonyl (C=O) groups excluding carboxylic acids is 2. The molecule has 2 aliphatic heterocycles. The molecule has 0 bridgehead atoms. The smallest absolute Gasteiger partial charge is 0.254 e. The van der Waals surface area contributed by atoms with Gasteiger partial charge in [0.25, 0.3) is 5.91 Å². The summed E-state index contributed by atoms with van der Waals surface area (Å²) in [7, 11) is 1.94. The average molecular weight is 355 g/mol. The monoisotopic (exact) mass is 355 g/mol. The first-order valence-corrected chi connectivity index (χ1v) is 8.68. The van der Waals surface area contributed by atoms with Crippen LogP contribution < -0.4 is 9.47 Å². The van der Waals surface area contributed by atoms with Crippen LogP contribution in [-0.4, -0.2) is 59.2 Å². The highest BCUT2D eigenvalue weighted by atomic mass is 16.7. The van der Waals surface area contributed by atoms with E-state index in [1.807, 2.05) is 35.0 Å². The van der Waals surface area contributed by atoms with Crippen molar-refractivity contribution in [2.45, 2.75) is 6.42 Å². The number of nitrogens with zero attached hydrogens (tertiary/aromatic N) is 3. The van der Waals surface area contributed by atoms with Gasteiger partial charge in [-0.05, 0) is 29.8 Å². The fourth-order valence-electron chi connectivity index (χ4n) is 3.32. The largest absolute Gasteiger partial charge is 0.454 e. The van der Waals surface area contributed by atoms with E-state index < -0.39 is 0 Å². The van der Waals surface area contributed by atoms with Crippen LogP contribution in [0.4, 0.5) is 0 Å². The first-order chi connectivity index (χ1) is 12.6. The zero-order valence-corrected chi connectivity index (χ0v) is 14.7. The average Bonchev–Trinajstić information content (AvgIpc) is 3.29. The van der Waals surface area contributed by atoms with E-state index in [0.717, 1.165) is 5.56 Å². The fourth-order valence-corrected chi connectivity index (χ4v) is 3.32. The van der Waals surface area contributed by atoms with Gasteiger partial charge >= 0.3 is 0 Å². The van der Waals surface area contributed by atoms with Crippen molar-refractivity contribution in [3.8, 4) is 11.5 Å². The third kappa shape index (κ3) is 3.24. The maximum Gasteiger partial charge on any atom is 0.254 e. The Bertz CT molecular complexity index is 837. The molecule has 1 fully saturated rings. The lowest BCUT2D eigenvalue weighted by molar-refractivity contribution is -0.131. The fraction of sp³-hybridized carbons (Fsp3) is 0.368. The number of ether oxygens (including phenoxy) is 2. The van der Waals surface area contributed by atoms with Gasteiger partial charge in [-0.15, -0.1) is 0 Å². The van der Waals surface area contributed by atoms with Crippen LogP contribution in [0.1, 0.15) is 15.9 Å². The van der Waals surface area contributed by atoms with E-state index in [1.165, 1.54) is 0 Å². The molecule has 136 valence electrons. The van der Waals surface area contributed by atoms with Gasteiger partial charge in [0, 0.05) is 51.2 Å². The molecular weight excluding hydrogens is 334 g/mol. The molecular formula is C19H21N3O4. The minimum absolute atomic E-state index is 0.0431. The lowest BCUT2D eigenvalue weighted by Crippen LogP contribution is -2.51. The third-order valence-corrected chi connectivity index (χ3v) is 4.79. The lowest BCUT2D eigenvalue weighted by atomic mass is 10.1. The predicted molar refractivity (Wildman–Crippen MR) is 94.2 cm³/mol. The standard InChI is InChI=1S/C19H21N3O4/c1-20-5-4-14(12-20)10-18(23)21-6-8-22(9-7-21)19(24)15-2-3-16-17(11-15)26-13-25-16/h2-5,11-12H,6-10,13H2,1H3. The summed E-state index contributed by atoms with van der Waals surface area (Å²) >= 11 is 0. The van der Waals surface area contributed by atoms with Crippen LogP contribution in [-0.2, 0) is 18.3 Å². The zero-order chi connectivity index (χ0) is 18.1. The summed E-state index contributed by atoms with van der Waals surface area (Å²) < 4.78 is 12.5. The molecule has 7 nitrogen and oxygen atoms in total. The quantitative estimate of drug-likeness (QED) is 0.832. The SMILES string of the molecule is Cn1ccc(CC(=O)N2CCN(C(=O)c3ccc4c(c3)OCO4)CC2)c1. The molecule has 2 amide bonds. The maximum absolute atomic E-state index is 12.7. The second-order valence-corrected chi connectivity index (χ2v) is 6.60. The number of aryl methyl sites for hydroxylation is 1. The minimum Gasteiger partial charge on any atom is -0.454 e. The molecule has 7 heteroatoms. The van der Waals surface area contributed by atoms with Gasteiger partial charge in [-0.3, -0.25) is 9.59 Å². The molecule has 1 saturated heterocycles. The van der Waals surface area contributed by atoms with Crippen molar-refractivity contribution >= 4 is 11.8 Å². The van der Waals surface area contributed by atoms with Gasteiger partial charge < -0.3 is 23.8 Å². The molecule has 1 aromatic carbocycles.